The summed E-state index contributed by atoms with van der Waals surface area (Å²) in [5.74, 6) is 0. The third-order valence-electron chi connectivity index (χ3n) is 8.08. The SMILES string of the molecule is c1cc(-c2cccc(-n3c4ccccc4c4c5ncncc5sc43)c2)cc(-n2c3ccccc3c3ccccc32)c1. The summed E-state index contributed by atoms with van der Waals surface area (Å²) in [6.07, 6.45) is 3.56. The second-order valence-corrected chi connectivity index (χ2v) is 11.4. The lowest BCUT2D eigenvalue weighted by molar-refractivity contribution is 1.18. The van der Waals surface area contributed by atoms with Gasteiger partial charge in [0.15, 0.2) is 0 Å². The van der Waals surface area contributed by atoms with Crippen LogP contribution in [-0.4, -0.2) is 19.1 Å². The van der Waals surface area contributed by atoms with E-state index in [0.717, 1.165) is 21.6 Å². The summed E-state index contributed by atoms with van der Waals surface area (Å²) in [5.41, 5.74) is 9.29. The normalized spacial score (nSPS) is 11.9. The smallest absolute Gasteiger partial charge is 0.116 e. The fraction of sp³-hybridized carbons (Fsp3) is 0. The van der Waals surface area contributed by atoms with Gasteiger partial charge >= 0.3 is 0 Å². The molecule has 0 amide bonds. The van der Waals surface area contributed by atoms with E-state index in [1.807, 2.05) is 6.20 Å². The Hall–Kier alpha value is -5.26. The van der Waals surface area contributed by atoms with E-state index >= 15 is 0 Å². The Bertz CT molecular complexity index is 2390. The third kappa shape index (κ3) is 3.27. The molecule has 9 aromatic rings. The second-order valence-electron chi connectivity index (χ2n) is 10.3. The first kappa shape index (κ1) is 22.5. The molecule has 0 aliphatic carbocycles. The summed E-state index contributed by atoms with van der Waals surface area (Å²) in [5, 5.41) is 4.95. The zero-order valence-corrected chi connectivity index (χ0v) is 22.7. The van der Waals surface area contributed by atoms with Gasteiger partial charge in [0.25, 0.3) is 0 Å². The van der Waals surface area contributed by atoms with Crippen molar-refractivity contribution in [2.24, 2.45) is 0 Å². The number of fused-ring (bicyclic) bond motifs is 8. The first-order chi connectivity index (χ1) is 20.3. The number of hydrogen-bond acceptors (Lipinski definition) is 3. The number of rotatable bonds is 3. The largest absolute Gasteiger partial charge is 0.309 e. The maximum atomic E-state index is 4.65. The van der Waals surface area contributed by atoms with Crippen molar-refractivity contribution in [1.82, 2.24) is 19.1 Å². The highest BCUT2D eigenvalue weighted by Crippen LogP contribution is 2.41. The van der Waals surface area contributed by atoms with Crippen LogP contribution in [0.5, 0.6) is 0 Å². The molecule has 0 N–H and O–H groups in total. The Morgan fingerprint density at radius 1 is 0.537 bits per heavy atom. The van der Waals surface area contributed by atoms with Crippen LogP contribution in [0.25, 0.3) is 75.6 Å². The van der Waals surface area contributed by atoms with Crippen LogP contribution in [0, 0.1) is 0 Å². The van der Waals surface area contributed by atoms with Gasteiger partial charge in [-0.25, -0.2) is 9.97 Å². The summed E-state index contributed by atoms with van der Waals surface area (Å²) < 4.78 is 5.85. The molecular formula is C36H22N4S. The molecule has 0 fully saturated rings. The zero-order valence-electron chi connectivity index (χ0n) is 21.9. The molecular weight excluding hydrogens is 520 g/mol. The average Bonchev–Trinajstić information content (AvgIpc) is 3.68. The molecule has 4 heterocycles. The predicted molar refractivity (Wildman–Crippen MR) is 172 cm³/mol. The van der Waals surface area contributed by atoms with E-state index in [0.29, 0.717) is 0 Å². The standard InChI is InChI=1S/C36H22N4S/c1-4-16-30-27(13-1)28-14-2-5-17-31(28)39(30)25-11-7-9-23(19-25)24-10-8-12-26(20-24)40-32-18-6-3-15-29(32)34-35-33(41-36(34)40)21-37-22-38-35/h1-22H. The van der Waals surface area contributed by atoms with Gasteiger partial charge in [-0.1, -0.05) is 78.9 Å². The van der Waals surface area contributed by atoms with Crippen LogP contribution >= 0.6 is 11.3 Å². The first-order valence-electron chi connectivity index (χ1n) is 13.7. The lowest BCUT2D eigenvalue weighted by atomic mass is 10.0. The number of hydrogen-bond donors (Lipinski definition) is 0. The molecule has 5 heteroatoms. The minimum Gasteiger partial charge on any atom is -0.309 e. The predicted octanol–water partition coefficient (Wildman–Crippen LogP) is 9.55. The number of thiophene rings is 1. The molecule has 0 aliphatic heterocycles. The molecule has 0 bridgehead atoms. The van der Waals surface area contributed by atoms with Gasteiger partial charge in [-0.2, -0.15) is 0 Å². The highest BCUT2D eigenvalue weighted by Gasteiger charge is 2.19. The quantitative estimate of drug-likeness (QED) is 0.223. The van der Waals surface area contributed by atoms with Crippen molar-refractivity contribution in [3.05, 3.63) is 134 Å². The van der Waals surface area contributed by atoms with E-state index in [9.17, 15) is 0 Å². The Kier molecular flexibility index (Phi) is 4.74. The van der Waals surface area contributed by atoms with Crippen molar-refractivity contribution in [1.29, 1.82) is 0 Å². The molecule has 5 aromatic carbocycles. The molecule has 41 heavy (non-hydrogen) atoms. The number of benzene rings is 5. The van der Waals surface area contributed by atoms with Crippen LogP contribution < -0.4 is 0 Å². The molecule has 0 unspecified atom stereocenters. The molecule has 0 atom stereocenters. The van der Waals surface area contributed by atoms with Gasteiger partial charge in [0, 0.05) is 39.1 Å². The van der Waals surface area contributed by atoms with Crippen LogP contribution in [-0.2, 0) is 0 Å². The fourth-order valence-electron chi connectivity index (χ4n) is 6.33. The lowest BCUT2D eigenvalue weighted by Gasteiger charge is -2.12. The van der Waals surface area contributed by atoms with Crippen molar-refractivity contribution in [3.8, 4) is 22.5 Å². The van der Waals surface area contributed by atoms with Crippen molar-refractivity contribution in [3.63, 3.8) is 0 Å². The summed E-state index contributed by atoms with van der Waals surface area (Å²) in [6.45, 7) is 0. The highest BCUT2D eigenvalue weighted by molar-refractivity contribution is 7.25. The Labute approximate surface area is 239 Å². The molecule has 0 aliphatic rings. The van der Waals surface area contributed by atoms with Crippen LogP contribution in [0.1, 0.15) is 0 Å². The van der Waals surface area contributed by atoms with Gasteiger partial charge < -0.3 is 9.13 Å². The van der Waals surface area contributed by atoms with Crippen LogP contribution in [0.15, 0.2) is 134 Å². The maximum absolute atomic E-state index is 4.65. The summed E-state index contributed by atoms with van der Waals surface area (Å²) >= 11 is 1.75. The second kappa shape index (κ2) is 8.62. The van der Waals surface area contributed by atoms with Gasteiger partial charge in [0.1, 0.15) is 11.2 Å². The highest BCUT2D eigenvalue weighted by atomic mass is 32.1. The van der Waals surface area contributed by atoms with Crippen molar-refractivity contribution < 1.29 is 0 Å². The Morgan fingerprint density at radius 3 is 1.76 bits per heavy atom. The van der Waals surface area contributed by atoms with Gasteiger partial charge in [-0.3, -0.25) is 0 Å². The summed E-state index contributed by atoms with van der Waals surface area (Å²) in [4.78, 5) is 10.1. The monoisotopic (exact) mass is 542 g/mol. The lowest BCUT2D eigenvalue weighted by Crippen LogP contribution is -1.95. The van der Waals surface area contributed by atoms with Crippen molar-refractivity contribution in [2.45, 2.75) is 0 Å². The Morgan fingerprint density at radius 2 is 1.10 bits per heavy atom. The molecule has 4 aromatic heterocycles. The average molecular weight is 543 g/mol. The van der Waals surface area contributed by atoms with E-state index in [1.54, 1.807) is 17.7 Å². The number of aromatic nitrogens is 4. The topological polar surface area (TPSA) is 35.6 Å². The van der Waals surface area contributed by atoms with E-state index in [1.165, 1.54) is 54.1 Å². The van der Waals surface area contributed by atoms with Gasteiger partial charge in [-0.15, -0.1) is 11.3 Å². The first-order valence-corrected chi connectivity index (χ1v) is 14.5. The van der Waals surface area contributed by atoms with Crippen molar-refractivity contribution in [2.75, 3.05) is 0 Å². The molecule has 0 saturated heterocycles. The number of nitrogens with zero attached hydrogens (tertiary/aromatic N) is 4. The fourth-order valence-corrected chi connectivity index (χ4v) is 7.51. The van der Waals surface area contributed by atoms with Crippen LogP contribution in [0.3, 0.4) is 0 Å². The van der Waals surface area contributed by atoms with Gasteiger partial charge in [0.2, 0.25) is 0 Å². The molecule has 192 valence electrons. The van der Waals surface area contributed by atoms with E-state index < -0.39 is 0 Å². The maximum Gasteiger partial charge on any atom is 0.116 e. The summed E-state index contributed by atoms with van der Waals surface area (Å²) in [6, 6.07) is 43.6. The van der Waals surface area contributed by atoms with Gasteiger partial charge in [0.05, 0.1) is 26.8 Å². The zero-order chi connectivity index (χ0) is 26.9. The van der Waals surface area contributed by atoms with E-state index in [4.69, 9.17) is 0 Å². The van der Waals surface area contributed by atoms with E-state index in [-0.39, 0.29) is 0 Å². The minimum atomic E-state index is 1.02. The minimum absolute atomic E-state index is 1.02. The third-order valence-corrected chi connectivity index (χ3v) is 9.17. The molecule has 4 nitrogen and oxygen atoms in total. The summed E-state index contributed by atoms with van der Waals surface area (Å²) in [7, 11) is 0. The number of para-hydroxylation sites is 3. The van der Waals surface area contributed by atoms with Crippen molar-refractivity contribution >= 4 is 64.5 Å². The Balaban J connectivity index is 1.24. The van der Waals surface area contributed by atoms with Crippen LogP contribution in [0.2, 0.25) is 0 Å². The van der Waals surface area contributed by atoms with Gasteiger partial charge in [-0.05, 0) is 53.6 Å². The molecule has 0 spiro atoms. The molecule has 0 saturated carbocycles. The molecule has 0 radical (unpaired) electrons. The molecule has 9 rings (SSSR count). The van der Waals surface area contributed by atoms with Crippen LogP contribution in [0.4, 0.5) is 0 Å². The van der Waals surface area contributed by atoms with E-state index in [2.05, 4.69) is 140 Å².